The van der Waals surface area contributed by atoms with Crippen LogP contribution in [0, 0.1) is 12.3 Å². The molecule has 0 radical (unpaired) electrons. The van der Waals surface area contributed by atoms with Crippen molar-refractivity contribution in [3.8, 4) is 12.3 Å². The zero-order chi connectivity index (χ0) is 8.69. The van der Waals surface area contributed by atoms with Crippen LogP contribution in [0.4, 0.5) is 0 Å². The number of amides is 1. The molecule has 62 valence electrons. The van der Waals surface area contributed by atoms with Crippen molar-refractivity contribution in [2.24, 2.45) is 0 Å². The number of terminal acetylenes is 1. The third kappa shape index (κ3) is 4.86. The van der Waals surface area contributed by atoms with Gasteiger partial charge in [0.15, 0.2) is 0 Å². The van der Waals surface area contributed by atoms with Gasteiger partial charge in [0.25, 0.3) is 0 Å². The predicted molar refractivity (Wildman–Crippen MR) is 49.5 cm³/mol. The Labute approximate surface area is 76.1 Å². The van der Waals surface area contributed by atoms with Crippen LogP contribution in [0.25, 0.3) is 0 Å². The molecule has 1 aliphatic heterocycles. The predicted octanol–water partition coefficient (Wildman–Crippen LogP) is 1.25. The summed E-state index contributed by atoms with van der Waals surface area (Å²) in [6.07, 6.45) is 6.54. The summed E-state index contributed by atoms with van der Waals surface area (Å²) < 4.78 is 0. The molecule has 3 heteroatoms. The number of rotatable bonds is 0. The van der Waals surface area contributed by atoms with Gasteiger partial charge in [-0.25, -0.2) is 0 Å². The molecule has 0 spiro atoms. The van der Waals surface area contributed by atoms with Gasteiger partial charge in [-0.05, 0) is 6.42 Å². The highest BCUT2D eigenvalue weighted by Gasteiger charge is 2.14. The topological polar surface area (TPSA) is 20.3 Å². The Morgan fingerprint density at radius 3 is 2.45 bits per heavy atom. The van der Waals surface area contributed by atoms with Gasteiger partial charge in [0.2, 0.25) is 5.91 Å². The van der Waals surface area contributed by atoms with Crippen molar-refractivity contribution < 1.29 is 4.79 Å². The number of alkyl halides is 1. The van der Waals surface area contributed by atoms with Crippen LogP contribution in [-0.2, 0) is 4.79 Å². The summed E-state index contributed by atoms with van der Waals surface area (Å²) >= 11 is 3.01. The number of carbonyl (C=O) groups excluding carboxylic acids is 1. The fraction of sp³-hybridized carbons (Fsp3) is 0.625. The Kier molecular flexibility index (Phi) is 5.96. The lowest BCUT2D eigenvalue weighted by atomic mass is 10.4. The smallest absolute Gasteiger partial charge is 0.222 e. The Morgan fingerprint density at radius 1 is 1.82 bits per heavy atom. The molecule has 11 heavy (non-hydrogen) atoms. The molecule has 0 atom stereocenters. The Hall–Kier alpha value is -0.490. The van der Waals surface area contributed by atoms with Crippen LogP contribution in [-0.4, -0.2) is 29.7 Å². The highest BCUT2D eigenvalue weighted by Crippen LogP contribution is 2.04. The first-order valence-corrected chi connectivity index (χ1v) is 4.58. The lowest BCUT2D eigenvalue weighted by molar-refractivity contribution is -0.126. The van der Waals surface area contributed by atoms with E-state index in [9.17, 15) is 4.79 Å². The second kappa shape index (κ2) is 6.23. The second-order valence-electron chi connectivity index (χ2n) is 2.26. The minimum absolute atomic E-state index is 0.292. The van der Waals surface area contributed by atoms with Crippen LogP contribution in [0.5, 0.6) is 0 Å². The molecule has 0 N–H and O–H groups in total. The average molecular weight is 218 g/mol. The summed E-state index contributed by atoms with van der Waals surface area (Å²) in [6.45, 7) is 0.957. The number of hydrogen-bond donors (Lipinski definition) is 0. The molecule has 0 aliphatic carbocycles. The van der Waals surface area contributed by atoms with Crippen molar-refractivity contribution in [3.05, 3.63) is 0 Å². The SMILES string of the molecule is C#CCBr.CN1CCCC1=O. The van der Waals surface area contributed by atoms with Gasteiger partial charge >= 0.3 is 0 Å². The van der Waals surface area contributed by atoms with Gasteiger partial charge in [-0.2, -0.15) is 0 Å². The zero-order valence-electron chi connectivity index (χ0n) is 6.64. The lowest BCUT2D eigenvalue weighted by Gasteiger charge is -2.03. The van der Waals surface area contributed by atoms with Gasteiger partial charge < -0.3 is 4.90 Å². The molecule has 0 unspecified atom stereocenters. The van der Waals surface area contributed by atoms with Crippen molar-refractivity contribution in [3.63, 3.8) is 0 Å². The van der Waals surface area contributed by atoms with E-state index >= 15 is 0 Å². The highest BCUT2D eigenvalue weighted by molar-refractivity contribution is 9.09. The molecule has 0 bridgehead atoms. The highest BCUT2D eigenvalue weighted by atomic mass is 79.9. The number of hydrogen-bond acceptors (Lipinski definition) is 1. The summed E-state index contributed by atoms with van der Waals surface area (Å²) in [5.74, 6) is 2.64. The number of carbonyl (C=O) groups is 1. The van der Waals surface area contributed by atoms with Crippen molar-refractivity contribution in [1.82, 2.24) is 4.90 Å². The van der Waals surface area contributed by atoms with Crippen LogP contribution < -0.4 is 0 Å². The number of halogens is 1. The molecule has 1 rings (SSSR count). The first-order chi connectivity index (χ1) is 5.22. The van der Waals surface area contributed by atoms with Crippen LogP contribution in [0.1, 0.15) is 12.8 Å². The average Bonchev–Trinajstić information content (AvgIpc) is 2.37. The maximum absolute atomic E-state index is 10.5. The van der Waals surface area contributed by atoms with Gasteiger partial charge in [-0.1, -0.05) is 21.9 Å². The van der Waals surface area contributed by atoms with Crippen LogP contribution in [0.2, 0.25) is 0 Å². The zero-order valence-corrected chi connectivity index (χ0v) is 8.23. The van der Waals surface area contributed by atoms with E-state index in [1.54, 1.807) is 4.90 Å². The van der Waals surface area contributed by atoms with E-state index in [2.05, 4.69) is 21.9 Å². The maximum Gasteiger partial charge on any atom is 0.222 e. The molecule has 0 aromatic heterocycles. The second-order valence-corrected chi connectivity index (χ2v) is 2.82. The summed E-state index contributed by atoms with van der Waals surface area (Å²) in [5, 5.41) is 0.660. The minimum Gasteiger partial charge on any atom is -0.346 e. The van der Waals surface area contributed by atoms with Crippen molar-refractivity contribution in [2.75, 3.05) is 18.9 Å². The third-order valence-electron chi connectivity index (χ3n) is 1.39. The summed E-state index contributed by atoms with van der Waals surface area (Å²) in [5.41, 5.74) is 0. The summed E-state index contributed by atoms with van der Waals surface area (Å²) in [4.78, 5) is 12.3. The molecule has 1 heterocycles. The minimum atomic E-state index is 0.292. The molecule has 0 aromatic carbocycles. The molecule has 0 saturated carbocycles. The van der Waals surface area contributed by atoms with E-state index in [0.717, 1.165) is 19.4 Å². The Morgan fingerprint density at radius 2 is 2.36 bits per heavy atom. The molecular formula is C8H12BrNO. The molecule has 1 saturated heterocycles. The van der Waals surface area contributed by atoms with E-state index < -0.39 is 0 Å². The normalized spacial score (nSPS) is 15.4. The molecule has 1 fully saturated rings. The van der Waals surface area contributed by atoms with E-state index in [-0.39, 0.29) is 0 Å². The molecular weight excluding hydrogens is 206 g/mol. The van der Waals surface area contributed by atoms with E-state index in [1.165, 1.54) is 0 Å². The van der Waals surface area contributed by atoms with Crippen LogP contribution >= 0.6 is 15.9 Å². The summed E-state index contributed by atoms with van der Waals surface area (Å²) in [7, 11) is 1.84. The Bertz CT molecular complexity index is 162. The van der Waals surface area contributed by atoms with Gasteiger partial charge in [-0.15, -0.1) is 6.42 Å². The molecule has 2 nitrogen and oxygen atoms in total. The van der Waals surface area contributed by atoms with Crippen molar-refractivity contribution in [2.45, 2.75) is 12.8 Å². The first-order valence-electron chi connectivity index (χ1n) is 3.45. The van der Waals surface area contributed by atoms with E-state index in [1.807, 2.05) is 7.05 Å². The standard InChI is InChI=1S/C5H9NO.C3H3Br/c1-6-4-2-3-5(6)7;1-2-3-4/h2-4H2,1H3;1H,3H2. The number of nitrogens with zero attached hydrogens (tertiary/aromatic N) is 1. The largest absolute Gasteiger partial charge is 0.346 e. The molecule has 0 aromatic rings. The molecule has 1 aliphatic rings. The van der Waals surface area contributed by atoms with Crippen LogP contribution in [0.3, 0.4) is 0 Å². The van der Waals surface area contributed by atoms with E-state index in [0.29, 0.717) is 11.2 Å². The van der Waals surface area contributed by atoms with E-state index in [4.69, 9.17) is 6.42 Å². The summed E-state index contributed by atoms with van der Waals surface area (Å²) in [6, 6.07) is 0. The molecule has 1 amide bonds. The lowest BCUT2D eigenvalue weighted by Crippen LogP contribution is -2.17. The first kappa shape index (κ1) is 10.5. The van der Waals surface area contributed by atoms with Gasteiger partial charge in [-0.3, -0.25) is 4.79 Å². The Balaban J connectivity index is 0.000000218. The van der Waals surface area contributed by atoms with Gasteiger partial charge in [0.1, 0.15) is 0 Å². The number of likely N-dealkylation sites (tertiary alicyclic amines) is 1. The van der Waals surface area contributed by atoms with Gasteiger partial charge in [0.05, 0.1) is 5.33 Å². The van der Waals surface area contributed by atoms with Gasteiger partial charge in [0, 0.05) is 20.0 Å². The fourth-order valence-electron chi connectivity index (χ4n) is 0.783. The maximum atomic E-state index is 10.5. The van der Waals surface area contributed by atoms with Crippen molar-refractivity contribution in [1.29, 1.82) is 0 Å². The van der Waals surface area contributed by atoms with Crippen LogP contribution in [0.15, 0.2) is 0 Å². The third-order valence-corrected chi connectivity index (χ3v) is 1.71. The quantitative estimate of drug-likeness (QED) is 0.442. The fourth-order valence-corrected chi connectivity index (χ4v) is 0.783. The monoisotopic (exact) mass is 217 g/mol. The van der Waals surface area contributed by atoms with Crippen molar-refractivity contribution >= 4 is 21.8 Å².